The SMILES string of the molecule is Cc1cnc(SCC(=O)O)n1-c1ccc(Br)cc1Cl. The number of hydrogen-bond acceptors (Lipinski definition) is 3. The first-order chi connectivity index (χ1) is 8.99. The van der Waals surface area contributed by atoms with E-state index in [-0.39, 0.29) is 5.75 Å². The van der Waals surface area contributed by atoms with Crippen LogP contribution in [0.5, 0.6) is 0 Å². The van der Waals surface area contributed by atoms with E-state index in [9.17, 15) is 4.79 Å². The summed E-state index contributed by atoms with van der Waals surface area (Å²) in [7, 11) is 0. The molecule has 2 rings (SSSR count). The molecule has 0 bridgehead atoms. The van der Waals surface area contributed by atoms with Gasteiger partial charge < -0.3 is 5.11 Å². The molecule has 0 spiro atoms. The standard InChI is InChI=1S/C12H10BrClN2O2S/c1-7-5-15-12(19-6-11(17)18)16(7)10-3-2-8(13)4-9(10)14/h2-5H,6H2,1H3,(H,17,18). The van der Waals surface area contributed by atoms with E-state index in [0.29, 0.717) is 10.2 Å². The van der Waals surface area contributed by atoms with E-state index in [2.05, 4.69) is 20.9 Å². The largest absolute Gasteiger partial charge is 0.481 e. The zero-order chi connectivity index (χ0) is 14.0. The van der Waals surface area contributed by atoms with Gasteiger partial charge in [-0.25, -0.2) is 4.98 Å². The van der Waals surface area contributed by atoms with Crippen LogP contribution in [0.4, 0.5) is 0 Å². The molecule has 1 aromatic carbocycles. The highest BCUT2D eigenvalue weighted by atomic mass is 79.9. The minimum Gasteiger partial charge on any atom is -0.481 e. The summed E-state index contributed by atoms with van der Waals surface area (Å²) in [5.74, 6) is -0.913. The summed E-state index contributed by atoms with van der Waals surface area (Å²) in [5, 5.41) is 9.94. The second-order valence-corrected chi connectivity index (χ2v) is 6.06. The number of hydrogen-bond donors (Lipinski definition) is 1. The number of benzene rings is 1. The number of nitrogens with zero attached hydrogens (tertiary/aromatic N) is 2. The van der Waals surface area contributed by atoms with Crippen LogP contribution in [0.25, 0.3) is 5.69 Å². The van der Waals surface area contributed by atoms with Gasteiger partial charge in [-0.15, -0.1) is 0 Å². The number of aromatic nitrogens is 2. The Balaban J connectivity index is 2.43. The van der Waals surface area contributed by atoms with Gasteiger partial charge in [0.2, 0.25) is 0 Å². The number of carbonyl (C=O) groups is 1. The third kappa shape index (κ3) is 3.32. The lowest BCUT2D eigenvalue weighted by Crippen LogP contribution is -2.03. The van der Waals surface area contributed by atoms with Crippen LogP contribution in [0.2, 0.25) is 5.02 Å². The first-order valence-electron chi connectivity index (χ1n) is 5.33. The van der Waals surface area contributed by atoms with E-state index >= 15 is 0 Å². The third-order valence-electron chi connectivity index (χ3n) is 2.38. The Morgan fingerprint density at radius 3 is 2.95 bits per heavy atom. The lowest BCUT2D eigenvalue weighted by molar-refractivity contribution is -0.133. The minimum atomic E-state index is -0.876. The summed E-state index contributed by atoms with van der Waals surface area (Å²) in [4.78, 5) is 14.9. The molecule has 1 heterocycles. The fraction of sp³-hybridized carbons (Fsp3) is 0.167. The van der Waals surface area contributed by atoms with Gasteiger partial charge in [-0.2, -0.15) is 0 Å². The van der Waals surface area contributed by atoms with Crippen molar-refractivity contribution in [2.45, 2.75) is 12.1 Å². The highest BCUT2D eigenvalue weighted by Crippen LogP contribution is 2.29. The highest BCUT2D eigenvalue weighted by molar-refractivity contribution is 9.10. The molecular formula is C12H10BrClN2O2S. The van der Waals surface area contributed by atoms with Gasteiger partial charge >= 0.3 is 5.97 Å². The first kappa shape index (κ1) is 14.4. The number of aryl methyl sites for hydroxylation is 1. The van der Waals surface area contributed by atoms with Gasteiger partial charge in [-0.3, -0.25) is 9.36 Å². The molecule has 4 nitrogen and oxygen atoms in total. The van der Waals surface area contributed by atoms with Crippen LogP contribution in [0, 0.1) is 6.92 Å². The van der Waals surface area contributed by atoms with Crippen molar-refractivity contribution in [3.8, 4) is 5.69 Å². The van der Waals surface area contributed by atoms with Gasteiger partial charge in [0, 0.05) is 16.4 Å². The van der Waals surface area contributed by atoms with E-state index in [4.69, 9.17) is 16.7 Å². The summed E-state index contributed by atoms with van der Waals surface area (Å²) in [6, 6.07) is 5.54. The van der Waals surface area contributed by atoms with Gasteiger partial charge in [-0.1, -0.05) is 39.3 Å². The van der Waals surface area contributed by atoms with Crippen molar-refractivity contribution >= 4 is 45.3 Å². The van der Waals surface area contributed by atoms with Gasteiger partial charge in [0.1, 0.15) is 0 Å². The average Bonchev–Trinajstić information content (AvgIpc) is 2.68. The van der Waals surface area contributed by atoms with E-state index in [0.717, 1.165) is 15.9 Å². The second-order valence-electron chi connectivity index (χ2n) is 3.80. The molecule has 100 valence electrons. The summed E-state index contributed by atoms with van der Waals surface area (Å²) in [5.41, 5.74) is 1.69. The van der Waals surface area contributed by atoms with Crippen molar-refractivity contribution < 1.29 is 9.90 Å². The van der Waals surface area contributed by atoms with Crippen molar-refractivity contribution in [2.24, 2.45) is 0 Å². The highest BCUT2D eigenvalue weighted by Gasteiger charge is 2.13. The lowest BCUT2D eigenvalue weighted by atomic mass is 10.3. The molecule has 0 aliphatic carbocycles. The van der Waals surface area contributed by atoms with Gasteiger partial charge in [0.25, 0.3) is 0 Å². The molecule has 1 N–H and O–H groups in total. The van der Waals surface area contributed by atoms with Crippen LogP contribution >= 0.6 is 39.3 Å². The van der Waals surface area contributed by atoms with E-state index in [1.54, 1.807) is 12.3 Å². The van der Waals surface area contributed by atoms with Gasteiger partial charge in [-0.05, 0) is 25.1 Å². The molecule has 7 heteroatoms. The maximum atomic E-state index is 10.6. The predicted molar refractivity (Wildman–Crippen MR) is 79.4 cm³/mol. The lowest BCUT2D eigenvalue weighted by Gasteiger charge is -2.11. The maximum absolute atomic E-state index is 10.6. The number of halogens is 2. The van der Waals surface area contributed by atoms with E-state index in [1.165, 1.54) is 11.8 Å². The Morgan fingerprint density at radius 2 is 2.32 bits per heavy atom. The number of carboxylic acid groups (broad SMARTS) is 1. The molecule has 0 amide bonds. The summed E-state index contributed by atoms with van der Waals surface area (Å²) in [6.45, 7) is 1.90. The van der Waals surface area contributed by atoms with Crippen LogP contribution in [-0.2, 0) is 4.79 Å². The number of thioether (sulfide) groups is 1. The van der Waals surface area contributed by atoms with Crippen molar-refractivity contribution in [3.05, 3.63) is 39.6 Å². The molecule has 1 aromatic heterocycles. The molecule has 0 aliphatic rings. The quantitative estimate of drug-likeness (QED) is 0.842. The van der Waals surface area contributed by atoms with Crippen LogP contribution in [0.3, 0.4) is 0 Å². The fourth-order valence-corrected chi connectivity index (χ4v) is 3.11. The Kier molecular flexibility index (Phi) is 4.54. The molecule has 0 radical (unpaired) electrons. The average molecular weight is 362 g/mol. The number of aliphatic carboxylic acids is 1. The topological polar surface area (TPSA) is 55.1 Å². The molecular weight excluding hydrogens is 352 g/mol. The van der Waals surface area contributed by atoms with Crippen molar-refractivity contribution in [1.82, 2.24) is 9.55 Å². The zero-order valence-corrected chi connectivity index (χ0v) is 13.1. The van der Waals surface area contributed by atoms with Crippen molar-refractivity contribution in [3.63, 3.8) is 0 Å². The molecule has 0 fully saturated rings. The zero-order valence-electron chi connectivity index (χ0n) is 9.93. The smallest absolute Gasteiger partial charge is 0.313 e. The van der Waals surface area contributed by atoms with Crippen molar-refractivity contribution in [1.29, 1.82) is 0 Å². The van der Waals surface area contributed by atoms with Crippen LogP contribution in [-0.4, -0.2) is 26.4 Å². The van der Waals surface area contributed by atoms with Gasteiger partial charge in [0.15, 0.2) is 5.16 Å². The number of carboxylic acids is 1. The van der Waals surface area contributed by atoms with Crippen LogP contribution < -0.4 is 0 Å². The Hall–Kier alpha value is -0.980. The summed E-state index contributed by atoms with van der Waals surface area (Å²) >= 11 is 10.7. The molecule has 0 aliphatic heterocycles. The third-order valence-corrected chi connectivity index (χ3v) is 4.11. The molecule has 19 heavy (non-hydrogen) atoms. The summed E-state index contributed by atoms with van der Waals surface area (Å²) < 4.78 is 2.74. The maximum Gasteiger partial charge on any atom is 0.313 e. The van der Waals surface area contributed by atoms with Crippen LogP contribution in [0.15, 0.2) is 34.0 Å². The Labute approximate surface area is 127 Å². The van der Waals surface area contributed by atoms with Crippen LogP contribution in [0.1, 0.15) is 5.69 Å². The Morgan fingerprint density at radius 1 is 1.58 bits per heavy atom. The fourth-order valence-electron chi connectivity index (χ4n) is 1.60. The van der Waals surface area contributed by atoms with Crippen molar-refractivity contribution in [2.75, 3.05) is 5.75 Å². The molecule has 0 atom stereocenters. The number of imidazole rings is 1. The minimum absolute atomic E-state index is 0.0371. The van der Waals surface area contributed by atoms with E-state index < -0.39 is 5.97 Å². The first-order valence-corrected chi connectivity index (χ1v) is 7.49. The second kappa shape index (κ2) is 5.98. The summed E-state index contributed by atoms with van der Waals surface area (Å²) in [6.07, 6.45) is 1.70. The Bertz CT molecular complexity index is 630. The predicted octanol–water partition coefficient (Wildman–Crippen LogP) is 3.77. The molecule has 0 unspecified atom stereocenters. The normalized spacial score (nSPS) is 10.7. The molecule has 0 saturated carbocycles. The van der Waals surface area contributed by atoms with Gasteiger partial charge in [0.05, 0.1) is 16.5 Å². The monoisotopic (exact) mass is 360 g/mol. The molecule has 2 aromatic rings. The number of rotatable bonds is 4. The van der Waals surface area contributed by atoms with E-state index in [1.807, 2.05) is 23.6 Å². The molecule has 0 saturated heterocycles.